The van der Waals surface area contributed by atoms with Gasteiger partial charge < -0.3 is 4.74 Å². The van der Waals surface area contributed by atoms with E-state index in [2.05, 4.69) is 30.6 Å². The van der Waals surface area contributed by atoms with Crippen LogP contribution in [0.4, 0.5) is 0 Å². The first-order valence-electron chi connectivity index (χ1n) is 4.96. The van der Waals surface area contributed by atoms with E-state index in [1.165, 1.54) is 6.20 Å². The molecule has 1 rings (SSSR count). The third kappa shape index (κ3) is 2.57. The molecule has 1 atom stereocenters. The molecule has 0 aromatic carbocycles. The zero-order valence-electron chi connectivity index (χ0n) is 9.16. The summed E-state index contributed by atoms with van der Waals surface area (Å²) in [5.41, 5.74) is -0.131. The topological polar surface area (TPSA) is 16.8 Å². The van der Waals surface area contributed by atoms with Crippen LogP contribution in [-0.4, -0.2) is 30.3 Å². The molecular formula is C11H18N2O. The molecule has 0 aromatic heterocycles. The van der Waals surface area contributed by atoms with Crippen molar-refractivity contribution in [1.82, 2.24) is 4.90 Å². The lowest BCUT2D eigenvalue weighted by molar-refractivity contribution is -0.0414. The van der Waals surface area contributed by atoms with Gasteiger partial charge in [0.15, 0.2) is 0 Å². The predicted octanol–water partition coefficient (Wildman–Crippen LogP) is 2.27. The monoisotopic (exact) mass is 194 g/mol. The van der Waals surface area contributed by atoms with E-state index in [0.29, 0.717) is 6.04 Å². The molecule has 0 radical (unpaired) electrons. The fourth-order valence-corrected chi connectivity index (χ4v) is 1.65. The minimum atomic E-state index is -0.131. The molecule has 0 saturated carbocycles. The van der Waals surface area contributed by atoms with E-state index in [4.69, 9.17) is 11.3 Å². The van der Waals surface area contributed by atoms with Crippen LogP contribution < -0.4 is 0 Å². The van der Waals surface area contributed by atoms with Gasteiger partial charge in [-0.2, -0.15) is 0 Å². The molecule has 1 aliphatic heterocycles. The molecule has 1 aliphatic rings. The molecule has 0 amide bonds. The first-order valence-corrected chi connectivity index (χ1v) is 4.96. The molecular weight excluding hydrogens is 176 g/mol. The predicted molar refractivity (Wildman–Crippen MR) is 56.6 cm³/mol. The molecule has 0 bridgehead atoms. The van der Waals surface area contributed by atoms with Gasteiger partial charge in [0, 0.05) is 6.04 Å². The summed E-state index contributed by atoms with van der Waals surface area (Å²) >= 11 is 0. The summed E-state index contributed by atoms with van der Waals surface area (Å²) in [6, 6.07) is 0.486. The van der Waals surface area contributed by atoms with Crippen LogP contribution in [-0.2, 0) is 4.74 Å². The van der Waals surface area contributed by atoms with Crippen LogP contribution >= 0.6 is 0 Å². The molecule has 0 aromatic rings. The van der Waals surface area contributed by atoms with Crippen LogP contribution in [0.3, 0.4) is 0 Å². The molecule has 3 heteroatoms. The molecule has 0 N–H and O–H groups in total. The summed E-state index contributed by atoms with van der Waals surface area (Å²) in [6.45, 7) is 11.6. The summed E-state index contributed by atoms with van der Waals surface area (Å²) in [7, 11) is 2.09. The Hall–Kier alpha value is -0.850. The normalized spacial score (nSPS) is 26.9. The van der Waals surface area contributed by atoms with E-state index in [1.54, 1.807) is 0 Å². The SMILES string of the molecule is [C-]#[N+]C=CCC[C@H]1COC(C)(C)N1C. The van der Waals surface area contributed by atoms with Gasteiger partial charge in [0.05, 0.1) is 13.2 Å². The highest BCUT2D eigenvalue weighted by atomic mass is 16.5. The van der Waals surface area contributed by atoms with Crippen LogP contribution in [0.25, 0.3) is 4.85 Å². The number of likely N-dealkylation sites (N-methyl/N-ethyl adjacent to an activating group) is 1. The van der Waals surface area contributed by atoms with E-state index < -0.39 is 0 Å². The summed E-state index contributed by atoms with van der Waals surface area (Å²) in [4.78, 5) is 5.43. The highest BCUT2D eigenvalue weighted by molar-refractivity contribution is 4.92. The van der Waals surface area contributed by atoms with Crippen molar-refractivity contribution in [3.63, 3.8) is 0 Å². The van der Waals surface area contributed by atoms with Gasteiger partial charge in [-0.25, -0.2) is 4.85 Å². The van der Waals surface area contributed by atoms with Crippen molar-refractivity contribution in [2.75, 3.05) is 13.7 Å². The summed E-state index contributed by atoms with van der Waals surface area (Å²) in [5, 5.41) is 0. The van der Waals surface area contributed by atoms with Crippen molar-refractivity contribution in [3.05, 3.63) is 23.7 Å². The van der Waals surface area contributed by atoms with Gasteiger partial charge in [-0.3, -0.25) is 4.90 Å². The highest BCUT2D eigenvalue weighted by Crippen LogP contribution is 2.27. The molecule has 0 unspecified atom stereocenters. The number of ether oxygens (including phenoxy) is 1. The molecule has 0 spiro atoms. The maximum absolute atomic E-state index is 6.60. The van der Waals surface area contributed by atoms with E-state index in [0.717, 1.165) is 19.4 Å². The van der Waals surface area contributed by atoms with Crippen molar-refractivity contribution in [2.24, 2.45) is 0 Å². The lowest BCUT2D eigenvalue weighted by Crippen LogP contribution is -2.40. The standard InChI is InChI=1S/C11H18N2O/c1-11(2)13(4)10(9-14-11)7-5-6-8-12-3/h6,8,10H,5,7,9H2,1-2,4H3/t10-/m0/s1. The Morgan fingerprint density at radius 2 is 2.36 bits per heavy atom. The van der Waals surface area contributed by atoms with Gasteiger partial charge in [-0.1, -0.05) is 6.08 Å². The summed E-state index contributed by atoms with van der Waals surface area (Å²) < 4.78 is 5.66. The highest BCUT2D eigenvalue weighted by Gasteiger charge is 2.36. The number of nitrogens with zero attached hydrogens (tertiary/aromatic N) is 2. The fraction of sp³-hybridized carbons (Fsp3) is 0.727. The Bertz CT molecular complexity index is 253. The summed E-state index contributed by atoms with van der Waals surface area (Å²) in [5.74, 6) is 0. The average Bonchev–Trinajstić information content (AvgIpc) is 2.39. The van der Waals surface area contributed by atoms with Crippen LogP contribution in [0.15, 0.2) is 12.3 Å². The van der Waals surface area contributed by atoms with Crippen LogP contribution in [0.5, 0.6) is 0 Å². The Morgan fingerprint density at radius 1 is 1.64 bits per heavy atom. The Balaban J connectivity index is 2.34. The molecule has 0 aliphatic carbocycles. The third-order valence-electron chi connectivity index (χ3n) is 2.87. The fourth-order valence-electron chi connectivity index (χ4n) is 1.65. The van der Waals surface area contributed by atoms with Crippen molar-refractivity contribution in [2.45, 2.75) is 38.5 Å². The summed E-state index contributed by atoms with van der Waals surface area (Å²) in [6.07, 6.45) is 5.47. The molecule has 1 fully saturated rings. The van der Waals surface area contributed by atoms with Gasteiger partial charge in [0.25, 0.3) is 0 Å². The van der Waals surface area contributed by atoms with Gasteiger partial charge in [0.2, 0.25) is 0 Å². The largest absolute Gasteiger partial charge is 0.359 e. The van der Waals surface area contributed by atoms with Crippen LogP contribution in [0.1, 0.15) is 26.7 Å². The second kappa shape index (κ2) is 4.59. The number of rotatable bonds is 3. The zero-order valence-corrected chi connectivity index (χ0v) is 9.16. The number of hydrogen-bond donors (Lipinski definition) is 0. The lowest BCUT2D eigenvalue weighted by Gasteiger charge is -2.29. The van der Waals surface area contributed by atoms with Gasteiger partial charge in [0.1, 0.15) is 11.9 Å². The molecule has 3 nitrogen and oxygen atoms in total. The molecule has 14 heavy (non-hydrogen) atoms. The molecule has 78 valence electrons. The first kappa shape index (κ1) is 11.2. The Labute approximate surface area is 86.2 Å². The minimum absolute atomic E-state index is 0.131. The molecule has 1 saturated heterocycles. The van der Waals surface area contributed by atoms with E-state index in [9.17, 15) is 0 Å². The van der Waals surface area contributed by atoms with Gasteiger partial charge in [-0.15, -0.1) is 0 Å². The van der Waals surface area contributed by atoms with E-state index >= 15 is 0 Å². The zero-order chi connectivity index (χ0) is 10.6. The third-order valence-corrected chi connectivity index (χ3v) is 2.87. The Kier molecular flexibility index (Phi) is 3.68. The van der Waals surface area contributed by atoms with E-state index in [1.807, 2.05) is 6.08 Å². The van der Waals surface area contributed by atoms with Crippen molar-refractivity contribution >= 4 is 0 Å². The molecule has 1 heterocycles. The van der Waals surface area contributed by atoms with E-state index in [-0.39, 0.29) is 5.72 Å². The van der Waals surface area contributed by atoms with Crippen LogP contribution in [0, 0.1) is 6.57 Å². The second-order valence-electron chi connectivity index (χ2n) is 4.11. The average molecular weight is 194 g/mol. The number of hydrogen-bond acceptors (Lipinski definition) is 2. The quantitative estimate of drug-likeness (QED) is 0.641. The smallest absolute Gasteiger partial charge is 0.150 e. The maximum Gasteiger partial charge on any atom is 0.150 e. The maximum atomic E-state index is 6.60. The first-order chi connectivity index (χ1) is 6.58. The second-order valence-corrected chi connectivity index (χ2v) is 4.11. The van der Waals surface area contributed by atoms with Crippen molar-refractivity contribution in [1.29, 1.82) is 0 Å². The van der Waals surface area contributed by atoms with Crippen molar-refractivity contribution in [3.8, 4) is 0 Å². The number of allylic oxidation sites excluding steroid dienone is 1. The van der Waals surface area contributed by atoms with Crippen LogP contribution in [0.2, 0.25) is 0 Å². The van der Waals surface area contributed by atoms with Crippen molar-refractivity contribution < 1.29 is 4.74 Å². The minimum Gasteiger partial charge on any atom is -0.359 e. The van der Waals surface area contributed by atoms with Gasteiger partial charge >= 0.3 is 0 Å². The Morgan fingerprint density at radius 3 is 2.86 bits per heavy atom. The lowest BCUT2D eigenvalue weighted by atomic mass is 10.1. The van der Waals surface area contributed by atoms with Gasteiger partial charge in [-0.05, 0) is 33.7 Å².